The Balaban J connectivity index is 1.94. The smallest absolute Gasteiger partial charge is 0.227 e. The van der Waals surface area contributed by atoms with Crippen molar-refractivity contribution in [2.45, 2.75) is 19.9 Å². The van der Waals surface area contributed by atoms with Crippen molar-refractivity contribution in [1.29, 1.82) is 0 Å². The average molecular weight is 307 g/mol. The van der Waals surface area contributed by atoms with Crippen molar-refractivity contribution in [1.82, 2.24) is 19.5 Å². The third-order valence-electron chi connectivity index (χ3n) is 3.39. The summed E-state index contributed by atoms with van der Waals surface area (Å²) >= 11 is 0. The van der Waals surface area contributed by atoms with E-state index < -0.39 is 0 Å². The van der Waals surface area contributed by atoms with Crippen molar-refractivity contribution in [2.75, 3.05) is 5.32 Å². The topological polar surface area (TPSA) is 72.7 Å². The molecule has 1 N–H and O–H groups in total. The quantitative estimate of drug-likeness (QED) is 0.707. The Morgan fingerprint density at radius 2 is 2.00 bits per heavy atom. The van der Waals surface area contributed by atoms with Crippen molar-refractivity contribution >= 4 is 17.9 Å². The van der Waals surface area contributed by atoms with Gasteiger partial charge in [0.1, 0.15) is 0 Å². The number of hydrogen-bond acceptors (Lipinski definition) is 5. The van der Waals surface area contributed by atoms with Crippen molar-refractivity contribution < 1.29 is 4.79 Å². The van der Waals surface area contributed by atoms with Crippen LogP contribution in [0.1, 0.15) is 24.0 Å². The van der Waals surface area contributed by atoms with Crippen molar-refractivity contribution in [3.63, 3.8) is 0 Å². The predicted octanol–water partition coefficient (Wildman–Crippen LogP) is 3.31. The third kappa shape index (κ3) is 3.26. The van der Waals surface area contributed by atoms with Crippen molar-refractivity contribution in [3.05, 3.63) is 54.6 Å². The van der Waals surface area contributed by atoms with E-state index in [0.29, 0.717) is 11.8 Å². The Kier molecular flexibility index (Phi) is 4.42. The summed E-state index contributed by atoms with van der Waals surface area (Å²) in [5, 5.41) is 3.16. The van der Waals surface area contributed by atoms with Gasteiger partial charge in [-0.2, -0.15) is 0 Å². The molecule has 0 radical (unpaired) electrons. The number of carbonyl (C=O) groups excluding carboxylic acids is 1. The molecule has 0 amide bonds. The molecule has 3 aromatic rings. The van der Waals surface area contributed by atoms with E-state index >= 15 is 0 Å². The Hall–Kier alpha value is -3.02. The molecule has 0 aliphatic rings. The predicted molar refractivity (Wildman–Crippen MR) is 88.7 cm³/mol. The standard InChI is InChI=1S/C17H17N5O/c1-2-10-22-15(11-19-16(22)12-23)14-8-9-18-17(21-14)20-13-6-4-3-5-7-13/h3-9,11-12H,2,10H2,1H3,(H,18,20,21). The maximum absolute atomic E-state index is 11.1. The normalized spacial score (nSPS) is 10.5. The van der Waals surface area contributed by atoms with Gasteiger partial charge in [0.05, 0.1) is 17.6 Å². The summed E-state index contributed by atoms with van der Waals surface area (Å²) in [4.78, 5) is 24.1. The van der Waals surface area contributed by atoms with Crippen LogP contribution in [0.4, 0.5) is 11.6 Å². The lowest BCUT2D eigenvalue weighted by molar-refractivity contribution is 0.111. The fourth-order valence-electron chi connectivity index (χ4n) is 2.36. The lowest BCUT2D eigenvalue weighted by atomic mass is 10.3. The first-order valence-corrected chi connectivity index (χ1v) is 7.48. The molecule has 2 heterocycles. The Bertz CT molecular complexity index is 798. The summed E-state index contributed by atoms with van der Waals surface area (Å²) in [5.41, 5.74) is 2.46. The summed E-state index contributed by atoms with van der Waals surface area (Å²) in [6.07, 6.45) is 5.04. The van der Waals surface area contributed by atoms with Gasteiger partial charge >= 0.3 is 0 Å². The number of hydrogen-bond donors (Lipinski definition) is 1. The Morgan fingerprint density at radius 3 is 2.74 bits per heavy atom. The van der Waals surface area contributed by atoms with Crippen LogP contribution >= 0.6 is 0 Å². The number of rotatable bonds is 6. The van der Waals surface area contributed by atoms with Gasteiger partial charge in [-0.15, -0.1) is 0 Å². The summed E-state index contributed by atoms with van der Waals surface area (Å²) in [6, 6.07) is 11.5. The van der Waals surface area contributed by atoms with E-state index in [1.165, 1.54) is 0 Å². The minimum atomic E-state index is 0.415. The minimum Gasteiger partial charge on any atom is -0.324 e. The molecule has 3 rings (SSSR count). The van der Waals surface area contributed by atoms with Gasteiger partial charge in [-0.3, -0.25) is 4.79 Å². The number of aldehydes is 1. The molecule has 0 saturated carbocycles. The number of aromatic nitrogens is 4. The van der Waals surface area contributed by atoms with E-state index in [0.717, 1.165) is 36.3 Å². The highest BCUT2D eigenvalue weighted by Gasteiger charge is 2.12. The van der Waals surface area contributed by atoms with Crippen molar-refractivity contribution in [2.24, 2.45) is 0 Å². The number of imidazole rings is 1. The van der Waals surface area contributed by atoms with Crippen LogP contribution in [0.3, 0.4) is 0 Å². The molecule has 2 aromatic heterocycles. The molecule has 0 fully saturated rings. The number of nitrogens with zero attached hydrogens (tertiary/aromatic N) is 4. The van der Waals surface area contributed by atoms with Gasteiger partial charge in [-0.25, -0.2) is 15.0 Å². The zero-order valence-corrected chi connectivity index (χ0v) is 12.8. The van der Waals surface area contributed by atoms with Gasteiger partial charge in [0.2, 0.25) is 5.95 Å². The maximum atomic E-state index is 11.1. The monoisotopic (exact) mass is 307 g/mol. The third-order valence-corrected chi connectivity index (χ3v) is 3.39. The van der Waals surface area contributed by atoms with Crippen LogP contribution in [0.15, 0.2) is 48.8 Å². The van der Waals surface area contributed by atoms with Crippen LogP contribution in [-0.4, -0.2) is 25.8 Å². The first kappa shape index (κ1) is 14.9. The average Bonchev–Trinajstić information content (AvgIpc) is 2.99. The second-order valence-electron chi connectivity index (χ2n) is 5.03. The fraction of sp³-hybridized carbons (Fsp3) is 0.176. The Morgan fingerprint density at radius 1 is 1.17 bits per heavy atom. The number of benzene rings is 1. The van der Waals surface area contributed by atoms with E-state index in [9.17, 15) is 4.79 Å². The van der Waals surface area contributed by atoms with Crippen LogP contribution in [-0.2, 0) is 6.54 Å². The first-order valence-electron chi connectivity index (χ1n) is 7.48. The van der Waals surface area contributed by atoms with Gasteiger partial charge in [0.25, 0.3) is 0 Å². The molecule has 23 heavy (non-hydrogen) atoms. The molecule has 0 aliphatic heterocycles. The van der Waals surface area contributed by atoms with Crippen LogP contribution in [0.5, 0.6) is 0 Å². The first-order chi connectivity index (χ1) is 11.3. The van der Waals surface area contributed by atoms with Gasteiger partial charge in [0.15, 0.2) is 12.1 Å². The summed E-state index contributed by atoms with van der Waals surface area (Å²) in [6.45, 7) is 2.77. The highest BCUT2D eigenvalue weighted by Crippen LogP contribution is 2.21. The lowest BCUT2D eigenvalue weighted by Gasteiger charge is -2.09. The van der Waals surface area contributed by atoms with Gasteiger partial charge in [-0.1, -0.05) is 25.1 Å². The van der Waals surface area contributed by atoms with Gasteiger partial charge < -0.3 is 9.88 Å². The molecule has 0 saturated heterocycles. The number of carbonyl (C=O) groups is 1. The summed E-state index contributed by atoms with van der Waals surface area (Å²) < 4.78 is 1.88. The van der Waals surface area contributed by atoms with Gasteiger partial charge in [0, 0.05) is 18.4 Å². The van der Waals surface area contributed by atoms with E-state index in [2.05, 4.69) is 27.2 Å². The Labute approximate surface area is 134 Å². The molecule has 116 valence electrons. The minimum absolute atomic E-state index is 0.415. The number of nitrogens with one attached hydrogen (secondary N) is 1. The van der Waals surface area contributed by atoms with Gasteiger partial charge in [-0.05, 0) is 24.6 Å². The summed E-state index contributed by atoms with van der Waals surface area (Å²) in [5.74, 6) is 0.920. The van der Waals surface area contributed by atoms with E-state index in [4.69, 9.17) is 0 Å². The van der Waals surface area contributed by atoms with Crippen LogP contribution in [0, 0.1) is 0 Å². The van der Waals surface area contributed by atoms with Crippen LogP contribution < -0.4 is 5.32 Å². The molecule has 0 aliphatic carbocycles. The zero-order valence-electron chi connectivity index (χ0n) is 12.8. The molecule has 0 atom stereocenters. The molecule has 0 unspecified atom stereocenters. The van der Waals surface area contributed by atoms with E-state index in [1.807, 2.05) is 41.0 Å². The fourth-order valence-corrected chi connectivity index (χ4v) is 2.36. The summed E-state index contributed by atoms with van der Waals surface area (Å²) in [7, 11) is 0. The second-order valence-corrected chi connectivity index (χ2v) is 5.03. The molecule has 6 nitrogen and oxygen atoms in total. The van der Waals surface area contributed by atoms with Crippen molar-refractivity contribution in [3.8, 4) is 11.4 Å². The highest BCUT2D eigenvalue weighted by atomic mass is 16.1. The lowest BCUT2D eigenvalue weighted by Crippen LogP contribution is -2.05. The molecule has 1 aromatic carbocycles. The second kappa shape index (κ2) is 6.83. The molecule has 0 spiro atoms. The van der Waals surface area contributed by atoms with E-state index in [-0.39, 0.29) is 0 Å². The highest BCUT2D eigenvalue weighted by molar-refractivity contribution is 5.72. The molecule has 6 heteroatoms. The van der Waals surface area contributed by atoms with Crippen LogP contribution in [0.2, 0.25) is 0 Å². The molecule has 0 bridgehead atoms. The largest absolute Gasteiger partial charge is 0.324 e. The van der Waals surface area contributed by atoms with E-state index in [1.54, 1.807) is 12.4 Å². The maximum Gasteiger partial charge on any atom is 0.227 e. The molecular weight excluding hydrogens is 290 g/mol. The molecular formula is C17H17N5O. The SMILES string of the molecule is CCCn1c(-c2ccnc(Nc3ccccc3)n2)cnc1C=O. The van der Waals surface area contributed by atoms with Crippen LogP contribution in [0.25, 0.3) is 11.4 Å². The number of para-hydroxylation sites is 1. The zero-order chi connectivity index (χ0) is 16.1. The number of anilines is 2.